The third-order valence-electron chi connectivity index (χ3n) is 2.07. The summed E-state index contributed by atoms with van der Waals surface area (Å²) in [5.74, 6) is -0.222. The van der Waals surface area contributed by atoms with Crippen LogP contribution in [0.2, 0.25) is 10.3 Å². The first-order chi connectivity index (χ1) is 7.45. The first kappa shape index (κ1) is 13.6. The largest absolute Gasteiger partial charge is 0.323 e. The molecule has 1 amide bonds. The molecule has 3 nitrogen and oxygen atoms in total. The van der Waals surface area contributed by atoms with Crippen molar-refractivity contribution in [3.8, 4) is 0 Å². The molecule has 1 aromatic rings. The SMILES string of the molecule is Cc1cc(Cl)nc(Cl)c1NC(=O)C(C)CCl. The van der Waals surface area contributed by atoms with Gasteiger partial charge < -0.3 is 5.32 Å². The highest BCUT2D eigenvalue weighted by Crippen LogP contribution is 2.26. The van der Waals surface area contributed by atoms with E-state index in [-0.39, 0.29) is 22.9 Å². The number of hydrogen-bond acceptors (Lipinski definition) is 2. The van der Waals surface area contributed by atoms with E-state index in [1.165, 1.54) is 0 Å². The number of aromatic nitrogens is 1. The molecule has 0 bridgehead atoms. The van der Waals surface area contributed by atoms with Gasteiger partial charge in [-0.3, -0.25) is 4.79 Å². The Morgan fingerprint density at radius 1 is 1.56 bits per heavy atom. The lowest BCUT2D eigenvalue weighted by Gasteiger charge is -2.12. The molecule has 1 heterocycles. The number of carbonyl (C=O) groups excluding carboxylic acids is 1. The molecule has 1 aromatic heterocycles. The Balaban J connectivity index is 2.93. The molecular formula is C10H11Cl3N2O. The second-order valence-electron chi connectivity index (χ2n) is 3.47. The number of pyridine rings is 1. The third-order valence-corrected chi connectivity index (χ3v) is 3.00. The number of nitrogens with zero attached hydrogens (tertiary/aromatic N) is 1. The molecular weight excluding hydrogens is 270 g/mol. The van der Waals surface area contributed by atoms with Crippen molar-refractivity contribution in [2.24, 2.45) is 5.92 Å². The molecule has 0 spiro atoms. The summed E-state index contributed by atoms with van der Waals surface area (Å²) < 4.78 is 0. The summed E-state index contributed by atoms with van der Waals surface area (Å²) in [5.41, 5.74) is 1.24. The lowest BCUT2D eigenvalue weighted by atomic mass is 10.2. The van der Waals surface area contributed by atoms with Crippen LogP contribution in [0.5, 0.6) is 0 Å². The Hall–Kier alpha value is -0.510. The van der Waals surface area contributed by atoms with E-state index < -0.39 is 0 Å². The topological polar surface area (TPSA) is 42.0 Å². The van der Waals surface area contributed by atoms with Crippen LogP contribution in [0.1, 0.15) is 12.5 Å². The standard InChI is InChI=1S/C10H11Cl3N2O/c1-5-3-7(12)14-9(13)8(5)15-10(16)6(2)4-11/h3,6H,4H2,1-2H3,(H,15,16). The van der Waals surface area contributed by atoms with Crippen molar-refractivity contribution in [2.75, 3.05) is 11.2 Å². The smallest absolute Gasteiger partial charge is 0.228 e. The monoisotopic (exact) mass is 280 g/mol. The van der Waals surface area contributed by atoms with Crippen LogP contribution in [-0.2, 0) is 4.79 Å². The third kappa shape index (κ3) is 3.24. The number of aryl methyl sites for hydroxylation is 1. The molecule has 0 fully saturated rings. The van der Waals surface area contributed by atoms with Crippen LogP contribution in [0.25, 0.3) is 0 Å². The zero-order chi connectivity index (χ0) is 12.3. The number of rotatable bonds is 3. The highest BCUT2D eigenvalue weighted by molar-refractivity contribution is 6.34. The Labute approximate surface area is 109 Å². The summed E-state index contributed by atoms with van der Waals surface area (Å²) in [6.45, 7) is 3.52. The van der Waals surface area contributed by atoms with Crippen molar-refractivity contribution in [1.29, 1.82) is 0 Å². The Kier molecular flexibility index (Phi) is 4.84. The lowest BCUT2D eigenvalue weighted by molar-refractivity contribution is -0.118. The van der Waals surface area contributed by atoms with Crippen LogP contribution in [0, 0.1) is 12.8 Å². The maximum Gasteiger partial charge on any atom is 0.228 e. The minimum absolute atomic E-state index is 0.181. The van der Waals surface area contributed by atoms with Crippen molar-refractivity contribution in [3.05, 3.63) is 21.9 Å². The average molecular weight is 282 g/mol. The normalized spacial score (nSPS) is 12.3. The van der Waals surface area contributed by atoms with Gasteiger partial charge in [0, 0.05) is 11.8 Å². The predicted octanol–water partition coefficient (Wildman–Crippen LogP) is 3.51. The van der Waals surface area contributed by atoms with Gasteiger partial charge in [0.1, 0.15) is 5.15 Å². The molecule has 1 rings (SSSR count). The van der Waals surface area contributed by atoms with Gasteiger partial charge in [-0.2, -0.15) is 0 Å². The molecule has 1 atom stereocenters. The number of halogens is 3. The quantitative estimate of drug-likeness (QED) is 0.680. The van der Waals surface area contributed by atoms with E-state index in [0.29, 0.717) is 10.8 Å². The van der Waals surface area contributed by atoms with Crippen molar-refractivity contribution >= 4 is 46.4 Å². The molecule has 0 aromatic carbocycles. The van der Waals surface area contributed by atoms with Crippen LogP contribution >= 0.6 is 34.8 Å². The molecule has 0 saturated heterocycles. The predicted molar refractivity (Wildman–Crippen MR) is 67.5 cm³/mol. The fourth-order valence-corrected chi connectivity index (χ4v) is 1.78. The Bertz CT molecular complexity index is 386. The number of anilines is 1. The van der Waals surface area contributed by atoms with Gasteiger partial charge in [0.2, 0.25) is 5.91 Å². The Morgan fingerprint density at radius 3 is 2.69 bits per heavy atom. The van der Waals surface area contributed by atoms with Gasteiger partial charge in [-0.25, -0.2) is 4.98 Å². The molecule has 0 saturated carbocycles. The molecule has 6 heteroatoms. The van der Waals surface area contributed by atoms with E-state index in [1.54, 1.807) is 19.9 Å². The maximum absolute atomic E-state index is 11.6. The average Bonchev–Trinajstić information content (AvgIpc) is 2.21. The molecule has 0 radical (unpaired) electrons. The number of hydrogen-bond donors (Lipinski definition) is 1. The summed E-state index contributed by atoms with van der Waals surface area (Å²) in [5, 5.41) is 3.16. The van der Waals surface area contributed by atoms with Crippen molar-refractivity contribution in [2.45, 2.75) is 13.8 Å². The van der Waals surface area contributed by atoms with Gasteiger partial charge >= 0.3 is 0 Å². The number of carbonyl (C=O) groups is 1. The highest BCUT2D eigenvalue weighted by atomic mass is 35.5. The van der Waals surface area contributed by atoms with Gasteiger partial charge in [-0.15, -0.1) is 11.6 Å². The summed E-state index contributed by atoms with van der Waals surface area (Å²) in [7, 11) is 0. The van der Waals surface area contributed by atoms with Crippen molar-refractivity contribution < 1.29 is 4.79 Å². The van der Waals surface area contributed by atoms with E-state index in [1.807, 2.05) is 0 Å². The van der Waals surface area contributed by atoms with Crippen molar-refractivity contribution in [1.82, 2.24) is 4.98 Å². The summed E-state index contributed by atoms with van der Waals surface area (Å²) in [4.78, 5) is 15.5. The molecule has 16 heavy (non-hydrogen) atoms. The van der Waals surface area contributed by atoms with Crippen LogP contribution < -0.4 is 5.32 Å². The minimum Gasteiger partial charge on any atom is -0.323 e. The van der Waals surface area contributed by atoms with Gasteiger partial charge in [0.25, 0.3) is 0 Å². The second-order valence-corrected chi connectivity index (χ2v) is 4.53. The van der Waals surface area contributed by atoms with Crippen LogP contribution in [0.15, 0.2) is 6.07 Å². The maximum atomic E-state index is 11.6. The van der Waals surface area contributed by atoms with E-state index in [4.69, 9.17) is 34.8 Å². The molecule has 0 aliphatic rings. The number of alkyl halides is 1. The fourth-order valence-electron chi connectivity index (χ4n) is 1.06. The van der Waals surface area contributed by atoms with Gasteiger partial charge in [-0.05, 0) is 18.6 Å². The van der Waals surface area contributed by atoms with Crippen LogP contribution in [0.4, 0.5) is 5.69 Å². The first-order valence-corrected chi connectivity index (χ1v) is 5.94. The van der Waals surface area contributed by atoms with Crippen LogP contribution in [-0.4, -0.2) is 16.8 Å². The highest BCUT2D eigenvalue weighted by Gasteiger charge is 2.15. The van der Waals surface area contributed by atoms with Crippen molar-refractivity contribution in [3.63, 3.8) is 0 Å². The first-order valence-electron chi connectivity index (χ1n) is 4.65. The van der Waals surface area contributed by atoms with E-state index in [9.17, 15) is 4.79 Å². The molecule has 1 unspecified atom stereocenters. The van der Waals surface area contributed by atoms with Gasteiger partial charge in [-0.1, -0.05) is 30.1 Å². The molecule has 0 aliphatic heterocycles. The van der Waals surface area contributed by atoms with Crippen LogP contribution in [0.3, 0.4) is 0 Å². The minimum atomic E-state index is -0.284. The van der Waals surface area contributed by atoms with Gasteiger partial charge in [0.15, 0.2) is 5.15 Å². The molecule has 1 N–H and O–H groups in total. The summed E-state index contributed by atoms with van der Waals surface area (Å²) in [6, 6.07) is 1.63. The summed E-state index contributed by atoms with van der Waals surface area (Å²) >= 11 is 17.2. The van der Waals surface area contributed by atoms with E-state index in [2.05, 4.69) is 10.3 Å². The van der Waals surface area contributed by atoms with E-state index >= 15 is 0 Å². The Morgan fingerprint density at radius 2 is 2.19 bits per heavy atom. The molecule has 0 aliphatic carbocycles. The van der Waals surface area contributed by atoms with Gasteiger partial charge in [0.05, 0.1) is 5.69 Å². The fraction of sp³-hybridized carbons (Fsp3) is 0.400. The number of nitrogens with one attached hydrogen (secondary N) is 1. The zero-order valence-electron chi connectivity index (χ0n) is 8.85. The summed E-state index contributed by atoms with van der Waals surface area (Å²) in [6.07, 6.45) is 0. The number of amides is 1. The molecule has 88 valence electrons. The second kappa shape index (κ2) is 5.71. The lowest BCUT2D eigenvalue weighted by Crippen LogP contribution is -2.22. The zero-order valence-corrected chi connectivity index (χ0v) is 11.1. The van der Waals surface area contributed by atoms with E-state index in [0.717, 1.165) is 5.56 Å².